The zero-order chi connectivity index (χ0) is 14.5. The van der Waals surface area contributed by atoms with Gasteiger partial charge in [-0.3, -0.25) is 4.79 Å². The molecule has 0 saturated heterocycles. The first-order valence-electron chi connectivity index (χ1n) is 5.99. The molecule has 0 radical (unpaired) electrons. The van der Waals surface area contributed by atoms with Crippen molar-refractivity contribution in [1.82, 2.24) is 0 Å². The molecule has 5 heteroatoms. The van der Waals surface area contributed by atoms with Gasteiger partial charge in [0.05, 0.1) is 5.02 Å². The first kappa shape index (κ1) is 14.3. The highest BCUT2D eigenvalue weighted by atomic mass is 35.5. The fraction of sp³-hybridized carbons (Fsp3) is 0.133. The average Bonchev–Trinajstić information content (AvgIpc) is 2.42. The molecule has 0 heterocycles. The third kappa shape index (κ3) is 3.71. The summed E-state index contributed by atoms with van der Waals surface area (Å²) in [5.41, 5.74) is 0.913. The fourth-order valence-corrected chi connectivity index (χ4v) is 1.76. The van der Waals surface area contributed by atoms with Gasteiger partial charge in [-0.25, -0.2) is 4.39 Å². The number of amides is 1. The van der Waals surface area contributed by atoms with Crippen LogP contribution in [0, 0.1) is 12.7 Å². The summed E-state index contributed by atoms with van der Waals surface area (Å²) in [5.74, 6) is -0.317. The zero-order valence-electron chi connectivity index (χ0n) is 10.8. The van der Waals surface area contributed by atoms with Gasteiger partial charge in [0.25, 0.3) is 5.91 Å². The number of hydrogen-bond acceptors (Lipinski definition) is 2. The number of para-hydroxylation sites is 1. The minimum Gasteiger partial charge on any atom is -0.482 e. The molecule has 0 atom stereocenters. The standard InChI is InChI=1S/C15H13ClFNO2/c1-10-6-7-11(8-13(10)17)18-15(19)9-20-14-5-3-2-4-12(14)16/h2-8H,9H2,1H3,(H,18,19). The molecule has 1 amide bonds. The van der Waals surface area contributed by atoms with E-state index in [4.69, 9.17) is 16.3 Å². The molecule has 0 unspecified atom stereocenters. The molecule has 0 aromatic heterocycles. The van der Waals surface area contributed by atoms with Crippen molar-refractivity contribution < 1.29 is 13.9 Å². The number of halogens is 2. The number of ether oxygens (including phenoxy) is 1. The van der Waals surface area contributed by atoms with Crippen molar-refractivity contribution >= 4 is 23.2 Å². The third-order valence-corrected chi connectivity index (χ3v) is 2.96. The lowest BCUT2D eigenvalue weighted by Gasteiger charge is -2.09. The first-order valence-corrected chi connectivity index (χ1v) is 6.37. The molecule has 2 aromatic rings. The van der Waals surface area contributed by atoms with Gasteiger partial charge in [0.1, 0.15) is 11.6 Å². The second-order valence-corrected chi connectivity index (χ2v) is 4.64. The van der Waals surface area contributed by atoms with Crippen LogP contribution >= 0.6 is 11.6 Å². The summed E-state index contributed by atoms with van der Waals surface area (Å²) in [5, 5.41) is 2.98. The third-order valence-electron chi connectivity index (χ3n) is 2.65. The van der Waals surface area contributed by atoms with Crippen molar-refractivity contribution in [3.8, 4) is 5.75 Å². The van der Waals surface area contributed by atoms with Crippen LogP contribution in [-0.4, -0.2) is 12.5 Å². The second-order valence-electron chi connectivity index (χ2n) is 4.23. The maximum Gasteiger partial charge on any atom is 0.262 e. The van der Waals surface area contributed by atoms with Crippen molar-refractivity contribution in [2.45, 2.75) is 6.92 Å². The minimum absolute atomic E-state index is 0.195. The lowest BCUT2D eigenvalue weighted by Crippen LogP contribution is -2.20. The van der Waals surface area contributed by atoms with Gasteiger partial charge in [-0.2, -0.15) is 0 Å². The molecule has 0 aliphatic heterocycles. The van der Waals surface area contributed by atoms with Crippen LogP contribution in [0.1, 0.15) is 5.56 Å². The SMILES string of the molecule is Cc1ccc(NC(=O)COc2ccccc2Cl)cc1F. The number of hydrogen-bond donors (Lipinski definition) is 1. The molecule has 0 spiro atoms. The van der Waals surface area contributed by atoms with Gasteiger partial charge in [0.2, 0.25) is 0 Å². The van der Waals surface area contributed by atoms with Crippen molar-refractivity contribution in [2.24, 2.45) is 0 Å². The Kier molecular flexibility index (Phi) is 4.58. The Morgan fingerprint density at radius 3 is 2.75 bits per heavy atom. The minimum atomic E-state index is -0.381. The molecule has 0 bridgehead atoms. The molecule has 2 rings (SSSR count). The van der Waals surface area contributed by atoms with Crippen LogP contribution in [0.5, 0.6) is 5.75 Å². The summed E-state index contributed by atoms with van der Waals surface area (Å²) < 4.78 is 18.6. The molecule has 1 N–H and O–H groups in total. The van der Waals surface area contributed by atoms with Crippen molar-refractivity contribution in [1.29, 1.82) is 0 Å². The molecule has 3 nitrogen and oxygen atoms in total. The Balaban J connectivity index is 1.93. The number of nitrogens with one attached hydrogen (secondary N) is 1. The molecule has 104 valence electrons. The van der Waals surface area contributed by atoms with E-state index in [9.17, 15) is 9.18 Å². The largest absolute Gasteiger partial charge is 0.482 e. The highest BCUT2D eigenvalue weighted by molar-refractivity contribution is 6.32. The highest BCUT2D eigenvalue weighted by Crippen LogP contribution is 2.23. The lowest BCUT2D eigenvalue weighted by molar-refractivity contribution is -0.118. The van der Waals surface area contributed by atoms with Gasteiger partial charge < -0.3 is 10.1 Å². The molecule has 2 aromatic carbocycles. The van der Waals surface area contributed by atoms with E-state index >= 15 is 0 Å². The Morgan fingerprint density at radius 2 is 2.05 bits per heavy atom. The van der Waals surface area contributed by atoms with E-state index in [2.05, 4.69) is 5.32 Å². The number of carbonyl (C=O) groups is 1. The predicted octanol–water partition coefficient (Wildman–Crippen LogP) is 3.81. The monoisotopic (exact) mass is 293 g/mol. The van der Waals surface area contributed by atoms with Crippen LogP contribution in [0.25, 0.3) is 0 Å². The summed E-state index contributed by atoms with van der Waals surface area (Å²) in [4.78, 5) is 11.7. The quantitative estimate of drug-likeness (QED) is 0.931. The molecule has 0 fully saturated rings. The number of benzene rings is 2. The predicted molar refractivity (Wildman–Crippen MR) is 76.7 cm³/mol. The molecular formula is C15H13ClFNO2. The summed E-state index contributed by atoms with van der Waals surface area (Å²) >= 11 is 5.90. The molecule has 0 aliphatic carbocycles. The Hall–Kier alpha value is -2.07. The number of rotatable bonds is 4. The highest BCUT2D eigenvalue weighted by Gasteiger charge is 2.07. The van der Waals surface area contributed by atoms with Crippen LogP contribution in [0.3, 0.4) is 0 Å². The van der Waals surface area contributed by atoms with E-state index in [1.165, 1.54) is 6.07 Å². The van der Waals surface area contributed by atoms with Gasteiger partial charge in [0, 0.05) is 5.69 Å². The molecule has 0 aliphatic rings. The topological polar surface area (TPSA) is 38.3 Å². The van der Waals surface area contributed by atoms with Crippen molar-refractivity contribution in [3.63, 3.8) is 0 Å². The summed E-state index contributed by atoms with van der Waals surface area (Å²) in [7, 11) is 0. The number of anilines is 1. The van der Waals surface area contributed by atoms with Gasteiger partial charge in [0.15, 0.2) is 6.61 Å². The van der Waals surface area contributed by atoms with E-state index in [0.717, 1.165) is 0 Å². The van der Waals surface area contributed by atoms with E-state index < -0.39 is 0 Å². The summed E-state index contributed by atoms with van der Waals surface area (Å²) in [6.07, 6.45) is 0. The fourth-order valence-electron chi connectivity index (χ4n) is 1.57. The van der Waals surface area contributed by atoms with Crippen LogP contribution < -0.4 is 10.1 Å². The van der Waals surface area contributed by atoms with E-state index in [1.807, 2.05) is 0 Å². The number of carbonyl (C=O) groups excluding carboxylic acids is 1. The lowest BCUT2D eigenvalue weighted by atomic mass is 10.2. The molecular weight excluding hydrogens is 281 g/mol. The molecule has 20 heavy (non-hydrogen) atoms. The molecule has 0 saturated carbocycles. The summed E-state index contributed by atoms with van der Waals surface area (Å²) in [6, 6.07) is 11.4. The van der Waals surface area contributed by atoms with E-state index in [-0.39, 0.29) is 18.3 Å². The van der Waals surface area contributed by atoms with Crippen LogP contribution in [0.15, 0.2) is 42.5 Å². The summed E-state index contributed by atoms with van der Waals surface area (Å²) in [6.45, 7) is 1.46. The van der Waals surface area contributed by atoms with Crippen LogP contribution in [-0.2, 0) is 4.79 Å². The Bertz CT molecular complexity index is 631. The van der Waals surface area contributed by atoms with Crippen molar-refractivity contribution in [3.05, 3.63) is 58.9 Å². The van der Waals surface area contributed by atoms with Gasteiger partial charge in [-0.15, -0.1) is 0 Å². The second kappa shape index (κ2) is 6.39. The smallest absolute Gasteiger partial charge is 0.262 e. The maximum atomic E-state index is 13.3. The first-order chi connectivity index (χ1) is 9.56. The van der Waals surface area contributed by atoms with E-state index in [1.54, 1.807) is 43.3 Å². The van der Waals surface area contributed by atoms with Crippen molar-refractivity contribution in [2.75, 3.05) is 11.9 Å². The van der Waals surface area contributed by atoms with Gasteiger partial charge in [-0.05, 0) is 36.8 Å². The normalized spacial score (nSPS) is 10.2. The van der Waals surface area contributed by atoms with Crippen LogP contribution in [0.4, 0.5) is 10.1 Å². The maximum absolute atomic E-state index is 13.3. The van der Waals surface area contributed by atoms with Gasteiger partial charge >= 0.3 is 0 Å². The van der Waals surface area contributed by atoms with Crippen LogP contribution in [0.2, 0.25) is 5.02 Å². The Morgan fingerprint density at radius 1 is 1.30 bits per heavy atom. The van der Waals surface area contributed by atoms with E-state index in [0.29, 0.717) is 22.0 Å². The Labute approximate surface area is 121 Å². The van der Waals surface area contributed by atoms with Gasteiger partial charge in [-0.1, -0.05) is 29.8 Å². The zero-order valence-corrected chi connectivity index (χ0v) is 11.6. The average molecular weight is 294 g/mol. The number of aryl methyl sites for hydroxylation is 1.